The van der Waals surface area contributed by atoms with Crippen LogP contribution >= 0.6 is 0 Å². The Balaban J connectivity index is 0.770. The molecule has 3 aliphatic rings. The second-order valence-corrected chi connectivity index (χ2v) is 20.7. The van der Waals surface area contributed by atoms with E-state index in [9.17, 15) is 0 Å². The molecule has 4 heterocycles. The van der Waals surface area contributed by atoms with Gasteiger partial charge in [-0.25, -0.2) is 0 Å². The van der Waals surface area contributed by atoms with Gasteiger partial charge in [0.2, 0.25) is 11.8 Å². The number of fused-ring (bicyclic) bond motifs is 1. The minimum atomic E-state index is -0.378. The van der Waals surface area contributed by atoms with E-state index in [-0.39, 0.29) is 30.0 Å². The Kier molecular flexibility index (Phi) is 13.7. The second kappa shape index (κ2) is 19.7. The molecule has 1 saturated carbocycles. The third kappa shape index (κ3) is 10.5. The number of anilines is 1. The van der Waals surface area contributed by atoms with Gasteiger partial charge in [-0.2, -0.15) is 10.1 Å². The van der Waals surface area contributed by atoms with Crippen LogP contribution in [0.1, 0.15) is 103 Å². The lowest BCUT2D eigenvalue weighted by molar-refractivity contribution is 0.00578. The maximum atomic E-state index is 6.67. The normalized spacial score (nSPS) is 19.8. The van der Waals surface area contributed by atoms with E-state index in [0.717, 1.165) is 95.0 Å². The van der Waals surface area contributed by atoms with Crippen molar-refractivity contribution < 1.29 is 23.5 Å². The number of aromatic nitrogens is 3. The predicted octanol–water partition coefficient (Wildman–Crippen LogP) is 11.1. The molecule has 0 spiro atoms. The van der Waals surface area contributed by atoms with Crippen LogP contribution in [0.2, 0.25) is 0 Å². The third-order valence-corrected chi connectivity index (χ3v) is 15.2. The van der Waals surface area contributed by atoms with Gasteiger partial charge in [0.05, 0.1) is 28.4 Å². The van der Waals surface area contributed by atoms with E-state index in [1.165, 1.54) is 37.8 Å². The Morgan fingerprint density at radius 3 is 2.07 bits per heavy atom. The average Bonchev–Trinajstić information content (AvgIpc) is 3.77. The molecule has 2 saturated heterocycles. The number of pyridine rings is 1. The molecule has 352 valence electrons. The van der Waals surface area contributed by atoms with Crippen molar-refractivity contribution in [3.63, 3.8) is 0 Å². The highest BCUT2D eigenvalue weighted by Crippen LogP contribution is 2.39. The van der Waals surface area contributed by atoms with Crippen LogP contribution in [0.5, 0.6) is 17.5 Å². The van der Waals surface area contributed by atoms with Gasteiger partial charge in [0.25, 0.3) is 0 Å². The number of hydrogen-bond acceptors (Lipinski definition) is 9. The number of piperazine rings is 1. The first kappa shape index (κ1) is 46.7. The highest BCUT2D eigenvalue weighted by Gasteiger charge is 2.52. The van der Waals surface area contributed by atoms with Crippen molar-refractivity contribution in [1.29, 1.82) is 0 Å². The van der Waals surface area contributed by atoms with Gasteiger partial charge in [-0.15, -0.1) is 0 Å². The Hall–Kier alpha value is -5.36. The summed E-state index contributed by atoms with van der Waals surface area (Å²) in [5.41, 5.74) is 7.75. The maximum absolute atomic E-state index is 6.67. The number of rotatable bonds is 16. The van der Waals surface area contributed by atoms with E-state index in [1.807, 2.05) is 72.4 Å². The predicted molar refractivity (Wildman–Crippen MR) is 270 cm³/mol. The van der Waals surface area contributed by atoms with Crippen LogP contribution in [0.3, 0.4) is 0 Å². The zero-order chi connectivity index (χ0) is 46.8. The number of hydrogen-bond donors (Lipinski definition) is 0. The molecule has 0 bridgehead atoms. The fourth-order valence-electron chi connectivity index (χ4n) is 10.1. The molecule has 4 aromatic carbocycles. The molecule has 2 aromatic heterocycles. The van der Waals surface area contributed by atoms with Crippen LogP contribution in [-0.4, -0.2) is 75.8 Å². The number of nitrogens with zero attached hydrogens (tertiary/aromatic N) is 5. The van der Waals surface area contributed by atoms with Gasteiger partial charge in [-0.1, -0.05) is 85.6 Å². The Labute approximate surface area is 399 Å². The largest absolute Gasteiger partial charge is 0.495 e. The molecule has 0 radical (unpaired) electrons. The highest BCUT2D eigenvalue weighted by molar-refractivity contribution is 6.62. The van der Waals surface area contributed by atoms with E-state index in [2.05, 4.69) is 107 Å². The fourth-order valence-corrected chi connectivity index (χ4v) is 10.1. The number of benzene rings is 4. The van der Waals surface area contributed by atoms with E-state index >= 15 is 0 Å². The van der Waals surface area contributed by atoms with Gasteiger partial charge in [0.1, 0.15) is 24.7 Å². The molecule has 6 aromatic rings. The van der Waals surface area contributed by atoms with Crippen molar-refractivity contribution >= 4 is 29.2 Å². The quantitative estimate of drug-likeness (QED) is 0.0882. The molecule has 67 heavy (non-hydrogen) atoms. The van der Waals surface area contributed by atoms with Gasteiger partial charge in [0, 0.05) is 55.9 Å². The summed E-state index contributed by atoms with van der Waals surface area (Å²) in [7, 11) is 1.65. The Bertz CT molecular complexity index is 2580. The topological polar surface area (TPSA) is 83.3 Å². The lowest BCUT2D eigenvalue weighted by atomic mass is 9.76. The molecule has 3 fully saturated rings. The van der Waals surface area contributed by atoms with Crippen LogP contribution in [0.15, 0.2) is 109 Å². The Morgan fingerprint density at radius 1 is 0.746 bits per heavy atom. The molecule has 11 heteroatoms. The van der Waals surface area contributed by atoms with E-state index in [0.29, 0.717) is 25.0 Å². The Morgan fingerprint density at radius 2 is 1.40 bits per heavy atom. The number of aryl methyl sites for hydroxylation is 1. The first-order valence-electron chi connectivity index (χ1n) is 24.7. The monoisotopic (exact) mass is 904 g/mol. The van der Waals surface area contributed by atoms with E-state index in [4.69, 9.17) is 33.6 Å². The van der Waals surface area contributed by atoms with Crippen molar-refractivity contribution in [3.8, 4) is 28.8 Å². The summed E-state index contributed by atoms with van der Waals surface area (Å²) >= 11 is 0. The van der Waals surface area contributed by atoms with Gasteiger partial charge in [-0.05, 0) is 139 Å². The van der Waals surface area contributed by atoms with Gasteiger partial charge >= 0.3 is 7.12 Å². The van der Waals surface area contributed by atoms with Crippen LogP contribution in [0.4, 0.5) is 5.69 Å². The smallest absolute Gasteiger partial charge is 0.490 e. The maximum Gasteiger partial charge on any atom is 0.495 e. The highest BCUT2D eigenvalue weighted by atomic mass is 16.7. The van der Waals surface area contributed by atoms with Crippen LogP contribution < -0.4 is 24.6 Å². The molecule has 10 nitrogen and oxygen atoms in total. The zero-order valence-electron chi connectivity index (χ0n) is 41.1. The van der Waals surface area contributed by atoms with Gasteiger partial charge < -0.3 is 28.4 Å². The van der Waals surface area contributed by atoms with Gasteiger partial charge in [-0.3, -0.25) is 9.58 Å². The first-order chi connectivity index (χ1) is 32.2. The lowest BCUT2D eigenvalue weighted by Gasteiger charge is -2.45. The summed E-state index contributed by atoms with van der Waals surface area (Å²) in [5, 5.41) is 6.12. The minimum absolute atomic E-state index is 0.156. The number of ether oxygens (including phenoxy) is 3. The van der Waals surface area contributed by atoms with Gasteiger partial charge in [0.15, 0.2) is 0 Å². The summed E-state index contributed by atoms with van der Waals surface area (Å²) in [5.74, 6) is 2.75. The average molecular weight is 904 g/mol. The lowest BCUT2D eigenvalue weighted by Crippen LogP contribution is -2.54. The first-order valence-corrected chi connectivity index (χ1v) is 24.7. The van der Waals surface area contributed by atoms with Crippen molar-refractivity contribution in [2.75, 3.05) is 31.1 Å². The second-order valence-electron chi connectivity index (χ2n) is 20.7. The summed E-state index contributed by atoms with van der Waals surface area (Å²) in [6.45, 7) is 20.4. The van der Waals surface area contributed by atoms with Crippen molar-refractivity contribution in [1.82, 2.24) is 19.7 Å². The fraction of sp³-hybridized carbons (Fsp3) is 0.464. The van der Waals surface area contributed by atoms with Crippen LogP contribution in [-0.2, 0) is 29.6 Å². The third-order valence-electron chi connectivity index (χ3n) is 15.2. The zero-order valence-corrected chi connectivity index (χ0v) is 41.1. The summed E-state index contributed by atoms with van der Waals surface area (Å²) in [6, 6.07) is 37.3. The standard InChI is InChI=1S/C56H70BN5O5/c1-40-48(57-66-55(4,5)56(6,7)67-57)22-15-23-50(40)65-45-27-24-41(25-28-45)21-16-32-54(2,3)62-35-33-61(34-36-62)44-26-29-46-49(37-44)60(8)59-52(46)47-30-31-51(63-38-42-17-11-9-12-18-42)58-53(47)64-39-43-19-13-10-14-20-43/h9-15,17-20,22-23,26,29-31,37,41,45H,16,21,24-25,27-28,32-36,38-39H2,1-8H3/t41-,45-. The molecule has 2 aliphatic heterocycles. The summed E-state index contributed by atoms with van der Waals surface area (Å²) in [6.07, 6.45) is 8.72. The van der Waals surface area contributed by atoms with Crippen molar-refractivity contribution in [3.05, 3.63) is 126 Å². The van der Waals surface area contributed by atoms with Crippen molar-refractivity contribution in [2.24, 2.45) is 13.0 Å². The van der Waals surface area contributed by atoms with E-state index < -0.39 is 0 Å². The summed E-state index contributed by atoms with van der Waals surface area (Å²) < 4.78 is 34.0. The molecule has 0 N–H and O–H groups in total. The molecule has 0 unspecified atom stereocenters. The van der Waals surface area contributed by atoms with Crippen LogP contribution in [0, 0.1) is 12.8 Å². The molecule has 9 rings (SSSR count). The molecule has 0 amide bonds. The SMILES string of the molecule is Cc1c(O[C@H]2CC[C@H](CCCC(C)(C)N3CCN(c4ccc5c(-c6ccc(OCc7ccccc7)nc6OCc6ccccc6)nn(C)c5c4)CC3)CC2)cccc1B1OC(C)(C)C(C)(C)O1. The molecule has 0 atom stereocenters. The molecular formula is C56H70BN5O5. The van der Waals surface area contributed by atoms with Crippen LogP contribution in [0.25, 0.3) is 22.2 Å². The minimum Gasteiger partial charge on any atom is -0.490 e. The summed E-state index contributed by atoms with van der Waals surface area (Å²) in [4.78, 5) is 10.1. The molecular weight excluding hydrogens is 833 g/mol. The van der Waals surface area contributed by atoms with E-state index in [1.54, 1.807) is 0 Å². The van der Waals surface area contributed by atoms with Crippen molar-refractivity contribution in [2.45, 2.75) is 129 Å². The molecule has 1 aliphatic carbocycles.